The topological polar surface area (TPSA) is 113 Å². The molecular weight excluding hydrogens is 618 g/mol. The lowest BCUT2D eigenvalue weighted by Gasteiger charge is -2.48. The molecule has 2 N–H and O–H groups in total. The van der Waals surface area contributed by atoms with Gasteiger partial charge in [-0.2, -0.15) is 0 Å². The number of sulfonamides is 1. The van der Waals surface area contributed by atoms with Crippen LogP contribution in [-0.4, -0.2) is 54.2 Å². The zero-order valence-corrected chi connectivity index (χ0v) is 25.9. The molecule has 0 bridgehead atoms. The molecule has 0 aliphatic carbocycles. The van der Waals surface area contributed by atoms with E-state index in [0.29, 0.717) is 27.6 Å². The highest BCUT2D eigenvalue weighted by Gasteiger charge is 2.47. The summed E-state index contributed by atoms with van der Waals surface area (Å²) in [6.45, 7) is 3.15. The smallest absolute Gasteiger partial charge is 0.306 e. The van der Waals surface area contributed by atoms with Gasteiger partial charge < -0.3 is 14.7 Å². The fourth-order valence-electron chi connectivity index (χ4n) is 5.28. The number of aliphatic carboxylic acids is 1. The Hall–Kier alpha value is -3.02. The van der Waals surface area contributed by atoms with E-state index in [4.69, 9.17) is 27.9 Å². The van der Waals surface area contributed by atoms with Gasteiger partial charge in [-0.1, -0.05) is 72.6 Å². The molecule has 1 amide bonds. The molecule has 0 aromatic heterocycles. The molecule has 1 saturated heterocycles. The first kappa shape index (κ1) is 32.9. The lowest BCUT2D eigenvalue weighted by Crippen LogP contribution is -2.57. The Bertz CT molecular complexity index is 1560. The van der Waals surface area contributed by atoms with Crippen LogP contribution in [0.1, 0.15) is 55.5 Å². The minimum atomic E-state index is -3.94. The van der Waals surface area contributed by atoms with Crippen molar-refractivity contribution in [1.82, 2.24) is 9.62 Å². The Morgan fingerprint density at radius 1 is 1.05 bits per heavy atom. The number of amides is 1. The van der Waals surface area contributed by atoms with Crippen LogP contribution in [0.2, 0.25) is 10.0 Å². The molecular formula is C31H33Cl2FN2O6S. The van der Waals surface area contributed by atoms with Crippen molar-refractivity contribution in [3.63, 3.8) is 0 Å². The fraction of sp³-hybridized carbons (Fsp3) is 0.355. The van der Waals surface area contributed by atoms with Gasteiger partial charge in [0, 0.05) is 22.6 Å². The van der Waals surface area contributed by atoms with Gasteiger partial charge in [0.1, 0.15) is 18.0 Å². The highest BCUT2D eigenvalue weighted by atomic mass is 35.5. The molecule has 0 radical (unpaired) electrons. The van der Waals surface area contributed by atoms with E-state index in [0.717, 1.165) is 0 Å². The number of rotatable bonds is 12. The average Bonchev–Trinajstić information content (AvgIpc) is 2.96. The van der Waals surface area contributed by atoms with E-state index in [9.17, 15) is 27.5 Å². The first-order valence-electron chi connectivity index (χ1n) is 13.8. The molecule has 1 aliphatic heterocycles. The van der Waals surface area contributed by atoms with E-state index >= 15 is 0 Å². The Kier molecular flexibility index (Phi) is 10.8. The molecule has 1 aliphatic rings. The fourth-order valence-corrected chi connectivity index (χ4v) is 6.71. The zero-order chi connectivity index (χ0) is 31.3. The maximum absolute atomic E-state index is 14.2. The number of benzene rings is 3. The third kappa shape index (κ3) is 7.93. The molecule has 4 rings (SSSR count). The van der Waals surface area contributed by atoms with Gasteiger partial charge in [-0.05, 0) is 66.8 Å². The molecule has 43 heavy (non-hydrogen) atoms. The Labute approximate surface area is 260 Å². The number of carbonyl (C=O) groups excluding carboxylic acids is 1. The third-order valence-electron chi connectivity index (χ3n) is 7.56. The molecule has 3 aromatic carbocycles. The summed E-state index contributed by atoms with van der Waals surface area (Å²) < 4.78 is 49.6. The minimum Gasteiger partial charge on any atom is -0.481 e. The van der Waals surface area contributed by atoms with E-state index < -0.39 is 63.7 Å². The van der Waals surface area contributed by atoms with Crippen molar-refractivity contribution < 1.29 is 32.2 Å². The molecule has 3 aromatic rings. The van der Waals surface area contributed by atoms with Gasteiger partial charge in [0.2, 0.25) is 10.0 Å². The van der Waals surface area contributed by atoms with Crippen molar-refractivity contribution >= 4 is 45.1 Å². The number of ether oxygens (including phenoxy) is 1. The predicted octanol–water partition coefficient (Wildman–Crippen LogP) is 5.95. The summed E-state index contributed by atoms with van der Waals surface area (Å²) in [7, 11) is -3.94. The second-order valence-corrected chi connectivity index (χ2v) is 13.6. The van der Waals surface area contributed by atoms with Crippen LogP contribution in [0, 0.1) is 5.82 Å². The largest absolute Gasteiger partial charge is 0.481 e. The normalized spacial score (nSPS) is 20.5. The summed E-state index contributed by atoms with van der Waals surface area (Å²) in [5, 5.41) is 9.53. The van der Waals surface area contributed by atoms with Crippen LogP contribution in [0.4, 0.5) is 4.39 Å². The van der Waals surface area contributed by atoms with Gasteiger partial charge in [-0.3, -0.25) is 9.59 Å². The van der Waals surface area contributed by atoms with Crippen LogP contribution in [0.3, 0.4) is 0 Å². The maximum atomic E-state index is 14.2. The van der Waals surface area contributed by atoms with Crippen LogP contribution in [0.5, 0.6) is 0 Å². The first-order chi connectivity index (χ1) is 20.4. The molecule has 1 unspecified atom stereocenters. The van der Waals surface area contributed by atoms with E-state index in [1.165, 1.54) is 30.0 Å². The summed E-state index contributed by atoms with van der Waals surface area (Å²) in [6, 6.07) is 18.3. The van der Waals surface area contributed by atoms with Gasteiger partial charge in [-0.15, -0.1) is 0 Å². The number of carboxylic acids is 1. The van der Waals surface area contributed by atoms with E-state index in [-0.39, 0.29) is 18.5 Å². The Morgan fingerprint density at radius 2 is 1.74 bits per heavy atom. The summed E-state index contributed by atoms with van der Waals surface area (Å²) in [5.41, 5.74) is 1.56. The van der Waals surface area contributed by atoms with Gasteiger partial charge in [0.05, 0.1) is 17.7 Å². The zero-order valence-electron chi connectivity index (χ0n) is 23.6. The number of nitrogens with zero attached hydrogens (tertiary/aromatic N) is 1. The third-order valence-corrected chi connectivity index (χ3v) is 9.84. The molecule has 12 heteroatoms. The predicted molar refractivity (Wildman–Crippen MR) is 163 cm³/mol. The summed E-state index contributed by atoms with van der Waals surface area (Å²) in [5.74, 6) is -2.29. The summed E-state index contributed by atoms with van der Waals surface area (Å²) in [6.07, 6.45) is -2.44. The van der Waals surface area contributed by atoms with Crippen molar-refractivity contribution in [2.24, 2.45) is 0 Å². The minimum absolute atomic E-state index is 0.0415. The first-order valence-corrected chi connectivity index (χ1v) is 16.1. The Balaban J connectivity index is 1.70. The quantitative estimate of drug-likeness (QED) is 0.251. The van der Waals surface area contributed by atoms with Crippen molar-refractivity contribution in [2.75, 3.05) is 6.54 Å². The standard InChI is InChI=1S/C31H33Cl2FN2O6S/c1-3-25(18-35-43(40,41)19(2)15-21-7-4-5-10-26(21)34)36-29(20-11-13-23(32)14-12-20)30(22-8-6-9-24(33)16-22)42-27(31(36)39)17-28(37)38/h4-14,16,19,25,27,29-30,35H,3,15,17-18H2,1-2H3,(H,37,38)/t19?,25-,27+,29+,30+/m0/s1. The van der Waals surface area contributed by atoms with Crippen molar-refractivity contribution in [2.45, 2.75) is 62.7 Å². The van der Waals surface area contributed by atoms with Crippen LogP contribution in [0.15, 0.2) is 72.8 Å². The van der Waals surface area contributed by atoms with Crippen molar-refractivity contribution in [1.29, 1.82) is 0 Å². The monoisotopic (exact) mass is 650 g/mol. The van der Waals surface area contributed by atoms with Crippen LogP contribution in [0.25, 0.3) is 0 Å². The van der Waals surface area contributed by atoms with Crippen molar-refractivity contribution in [3.05, 3.63) is 105 Å². The molecule has 230 valence electrons. The van der Waals surface area contributed by atoms with Crippen LogP contribution >= 0.6 is 23.2 Å². The van der Waals surface area contributed by atoms with Gasteiger partial charge in [0.15, 0.2) is 0 Å². The highest BCUT2D eigenvalue weighted by Crippen LogP contribution is 2.44. The Morgan fingerprint density at radius 3 is 2.37 bits per heavy atom. The lowest BCUT2D eigenvalue weighted by atomic mass is 9.89. The maximum Gasteiger partial charge on any atom is 0.306 e. The van der Waals surface area contributed by atoms with Crippen molar-refractivity contribution in [3.8, 4) is 0 Å². The molecule has 5 atom stereocenters. The second kappa shape index (κ2) is 14.2. The van der Waals surface area contributed by atoms with E-state index in [1.54, 1.807) is 54.6 Å². The average molecular weight is 652 g/mol. The summed E-state index contributed by atoms with van der Waals surface area (Å²) in [4.78, 5) is 27.2. The number of carbonyl (C=O) groups is 2. The summed E-state index contributed by atoms with van der Waals surface area (Å²) >= 11 is 12.5. The SMILES string of the molecule is CC[C@@H](CNS(=O)(=O)C(C)Cc1ccccc1F)N1C(=O)[C@@H](CC(=O)O)O[C@H](c2cccc(Cl)c2)[C@H]1c1ccc(Cl)cc1. The highest BCUT2D eigenvalue weighted by molar-refractivity contribution is 7.90. The second-order valence-electron chi connectivity index (χ2n) is 10.5. The number of halogens is 3. The van der Waals surface area contributed by atoms with Gasteiger partial charge >= 0.3 is 5.97 Å². The van der Waals surface area contributed by atoms with Crippen LogP contribution in [-0.2, 0) is 30.8 Å². The van der Waals surface area contributed by atoms with Crippen LogP contribution < -0.4 is 4.72 Å². The van der Waals surface area contributed by atoms with E-state index in [1.807, 2.05) is 6.92 Å². The molecule has 1 fully saturated rings. The lowest BCUT2D eigenvalue weighted by molar-refractivity contribution is -0.183. The van der Waals surface area contributed by atoms with E-state index in [2.05, 4.69) is 4.72 Å². The molecule has 0 spiro atoms. The number of nitrogens with one attached hydrogen (secondary N) is 1. The number of morpholine rings is 1. The molecule has 1 heterocycles. The number of hydrogen-bond acceptors (Lipinski definition) is 5. The van der Waals surface area contributed by atoms with Gasteiger partial charge in [-0.25, -0.2) is 17.5 Å². The molecule has 0 saturated carbocycles. The number of carboxylic acid groups (broad SMARTS) is 1. The van der Waals surface area contributed by atoms with Gasteiger partial charge in [0.25, 0.3) is 5.91 Å². The number of hydrogen-bond donors (Lipinski definition) is 2. The molecule has 8 nitrogen and oxygen atoms in total.